The van der Waals surface area contributed by atoms with Crippen LogP contribution in [0.2, 0.25) is 0 Å². The van der Waals surface area contributed by atoms with Gasteiger partial charge in [0.2, 0.25) is 0 Å². The summed E-state index contributed by atoms with van der Waals surface area (Å²) in [5, 5.41) is 0. The second kappa shape index (κ2) is 2.94. The SMILES string of the molecule is COC1CCC[C@H]2COC(=O)N12. The van der Waals surface area contributed by atoms with Crippen LogP contribution in [0.25, 0.3) is 0 Å². The van der Waals surface area contributed by atoms with Crippen molar-refractivity contribution in [3.8, 4) is 0 Å². The zero-order valence-electron chi connectivity index (χ0n) is 7.16. The number of hydrogen-bond acceptors (Lipinski definition) is 3. The molecule has 1 amide bonds. The van der Waals surface area contributed by atoms with Crippen molar-refractivity contribution in [3.63, 3.8) is 0 Å². The monoisotopic (exact) mass is 171 g/mol. The van der Waals surface area contributed by atoms with E-state index in [1.807, 2.05) is 0 Å². The van der Waals surface area contributed by atoms with Gasteiger partial charge in [0.25, 0.3) is 0 Å². The molecule has 0 spiro atoms. The van der Waals surface area contributed by atoms with Gasteiger partial charge < -0.3 is 9.47 Å². The van der Waals surface area contributed by atoms with E-state index in [9.17, 15) is 4.79 Å². The average Bonchev–Trinajstić information content (AvgIpc) is 2.48. The lowest BCUT2D eigenvalue weighted by atomic mass is 10.0. The van der Waals surface area contributed by atoms with Crippen molar-refractivity contribution in [2.45, 2.75) is 31.5 Å². The quantitative estimate of drug-likeness (QED) is 0.590. The highest BCUT2D eigenvalue weighted by atomic mass is 16.6. The summed E-state index contributed by atoms with van der Waals surface area (Å²) in [5.74, 6) is 0. The number of nitrogens with zero attached hydrogens (tertiary/aromatic N) is 1. The third-order valence-corrected chi connectivity index (χ3v) is 2.57. The summed E-state index contributed by atoms with van der Waals surface area (Å²) in [4.78, 5) is 12.9. The van der Waals surface area contributed by atoms with Gasteiger partial charge in [-0.05, 0) is 19.3 Å². The van der Waals surface area contributed by atoms with Crippen LogP contribution in [0, 0.1) is 0 Å². The molecule has 4 heteroatoms. The fraction of sp³-hybridized carbons (Fsp3) is 0.875. The van der Waals surface area contributed by atoms with Gasteiger partial charge in [-0.2, -0.15) is 0 Å². The van der Waals surface area contributed by atoms with Gasteiger partial charge in [0.15, 0.2) is 0 Å². The summed E-state index contributed by atoms with van der Waals surface area (Å²) in [6.45, 7) is 0.540. The van der Waals surface area contributed by atoms with E-state index in [4.69, 9.17) is 9.47 Å². The van der Waals surface area contributed by atoms with Crippen LogP contribution in [0.15, 0.2) is 0 Å². The molecule has 0 saturated carbocycles. The van der Waals surface area contributed by atoms with Crippen molar-refractivity contribution in [1.29, 1.82) is 0 Å². The Morgan fingerprint density at radius 1 is 1.58 bits per heavy atom. The predicted molar refractivity (Wildman–Crippen MR) is 41.6 cm³/mol. The average molecular weight is 171 g/mol. The molecule has 0 N–H and O–H groups in total. The molecule has 1 unspecified atom stereocenters. The van der Waals surface area contributed by atoms with Gasteiger partial charge >= 0.3 is 6.09 Å². The maximum Gasteiger partial charge on any atom is 0.412 e. The molecule has 2 atom stereocenters. The number of ether oxygens (including phenoxy) is 2. The Balaban J connectivity index is 2.12. The third-order valence-electron chi connectivity index (χ3n) is 2.57. The Kier molecular flexibility index (Phi) is 1.92. The second-order valence-electron chi connectivity index (χ2n) is 3.26. The highest BCUT2D eigenvalue weighted by Crippen LogP contribution is 2.28. The van der Waals surface area contributed by atoms with E-state index in [1.165, 1.54) is 0 Å². The summed E-state index contributed by atoms with van der Waals surface area (Å²) in [5.41, 5.74) is 0. The predicted octanol–water partition coefficient (Wildman–Crippen LogP) is 0.964. The molecule has 0 aliphatic carbocycles. The summed E-state index contributed by atoms with van der Waals surface area (Å²) in [6.07, 6.45) is 2.83. The first kappa shape index (κ1) is 7.86. The first-order valence-electron chi connectivity index (χ1n) is 4.31. The van der Waals surface area contributed by atoms with E-state index in [0.29, 0.717) is 6.61 Å². The molecular weight excluding hydrogens is 158 g/mol. The van der Waals surface area contributed by atoms with E-state index in [2.05, 4.69) is 0 Å². The van der Waals surface area contributed by atoms with Crippen molar-refractivity contribution in [1.82, 2.24) is 4.90 Å². The molecule has 2 rings (SSSR count). The number of amides is 1. The third kappa shape index (κ3) is 1.06. The fourth-order valence-corrected chi connectivity index (χ4v) is 1.95. The molecule has 68 valence electrons. The van der Waals surface area contributed by atoms with Crippen LogP contribution in [0.5, 0.6) is 0 Å². The normalized spacial score (nSPS) is 34.8. The summed E-state index contributed by atoms with van der Waals surface area (Å²) in [7, 11) is 1.64. The number of piperidine rings is 1. The minimum absolute atomic E-state index is 0.0567. The van der Waals surface area contributed by atoms with Crippen molar-refractivity contribution in [2.24, 2.45) is 0 Å². The number of hydrogen-bond donors (Lipinski definition) is 0. The molecular formula is C8H13NO3. The van der Waals surface area contributed by atoms with Crippen LogP contribution >= 0.6 is 0 Å². The van der Waals surface area contributed by atoms with Crippen LogP contribution in [0.3, 0.4) is 0 Å². The summed E-state index contributed by atoms with van der Waals surface area (Å²) < 4.78 is 10.1. The summed E-state index contributed by atoms with van der Waals surface area (Å²) in [6, 6.07) is 0.260. The smallest absolute Gasteiger partial charge is 0.412 e. The first-order valence-corrected chi connectivity index (χ1v) is 4.31. The molecule has 12 heavy (non-hydrogen) atoms. The van der Waals surface area contributed by atoms with Crippen molar-refractivity contribution >= 4 is 6.09 Å². The van der Waals surface area contributed by atoms with Crippen LogP contribution < -0.4 is 0 Å². The van der Waals surface area contributed by atoms with Crippen LogP contribution in [-0.4, -0.2) is 37.0 Å². The molecule has 0 aromatic rings. The van der Waals surface area contributed by atoms with Gasteiger partial charge in [-0.1, -0.05) is 0 Å². The molecule has 2 aliphatic heterocycles. The molecule has 4 nitrogen and oxygen atoms in total. The molecule has 0 radical (unpaired) electrons. The van der Waals surface area contributed by atoms with Crippen LogP contribution in [0.1, 0.15) is 19.3 Å². The molecule has 2 heterocycles. The summed E-state index contributed by atoms with van der Waals surface area (Å²) >= 11 is 0. The highest BCUT2D eigenvalue weighted by Gasteiger charge is 2.40. The molecule has 0 bridgehead atoms. The van der Waals surface area contributed by atoms with Crippen molar-refractivity contribution in [3.05, 3.63) is 0 Å². The molecule has 2 fully saturated rings. The maximum absolute atomic E-state index is 11.2. The van der Waals surface area contributed by atoms with Gasteiger partial charge in [-0.3, -0.25) is 4.90 Å². The number of fused-ring (bicyclic) bond motifs is 1. The Hall–Kier alpha value is -0.770. The molecule has 2 aliphatic rings. The number of carbonyl (C=O) groups excluding carboxylic acids is 1. The van der Waals surface area contributed by atoms with Gasteiger partial charge in [0.1, 0.15) is 12.8 Å². The molecule has 0 aromatic carbocycles. The van der Waals surface area contributed by atoms with Crippen LogP contribution in [-0.2, 0) is 9.47 Å². The lowest BCUT2D eigenvalue weighted by molar-refractivity contribution is -0.0418. The van der Waals surface area contributed by atoms with Crippen molar-refractivity contribution in [2.75, 3.05) is 13.7 Å². The Labute approximate surface area is 71.4 Å². The van der Waals surface area contributed by atoms with E-state index in [-0.39, 0.29) is 18.4 Å². The first-order chi connectivity index (χ1) is 5.83. The number of cyclic esters (lactones) is 1. The number of methoxy groups -OCH3 is 1. The van der Waals surface area contributed by atoms with Gasteiger partial charge in [0, 0.05) is 7.11 Å². The van der Waals surface area contributed by atoms with Gasteiger partial charge in [-0.25, -0.2) is 4.79 Å². The second-order valence-corrected chi connectivity index (χ2v) is 3.26. The Bertz CT molecular complexity index is 195. The number of carbonyl (C=O) groups is 1. The minimum Gasteiger partial charge on any atom is -0.447 e. The lowest BCUT2D eigenvalue weighted by Crippen LogP contribution is -2.46. The highest BCUT2D eigenvalue weighted by molar-refractivity contribution is 5.70. The van der Waals surface area contributed by atoms with Gasteiger partial charge in [-0.15, -0.1) is 0 Å². The van der Waals surface area contributed by atoms with E-state index in [0.717, 1.165) is 19.3 Å². The van der Waals surface area contributed by atoms with E-state index < -0.39 is 0 Å². The standard InChI is InChI=1S/C8H13NO3/c1-11-7-4-2-3-6-5-12-8(10)9(6)7/h6-7H,2-5H2,1H3/t6-,7?/m0/s1. The van der Waals surface area contributed by atoms with Gasteiger partial charge in [0.05, 0.1) is 6.04 Å². The van der Waals surface area contributed by atoms with Crippen molar-refractivity contribution < 1.29 is 14.3 Å². The van der Waals surface area contributed by atoms with E-state index in [1.54, 1.807) is 12.0 Å². The van der Waals surface area contributed by atoms with Crippen LogP contribution in [0.4, 0.5) is 4.79 Å². The molecule has 0 aromatic heterocycles. The Morgan fingerprint density at radius 2 is 2.42 bits per heavy atom. The van der Waals surface area contributed by atoms with E-state index >= 15 is 0 Å². The lowest BCUT2D eigenvalue weighted by Gasteiger charge is -2.33. The minimum atomic E-state index is -0.216. The zero-order chi connectivity index (χ0) is 8.55. The number of rotatable bonds is 1. The molecule has 2 saturated heterocycles. The largest absolute Gasteiger partial charge is 0.447 e. The topological polar surface area (TPSA) is 38.8 Å². The maximum atomic E-state index is 11.2. The zero-order valence-corrected chi connectivity index (χ0v) is 7.16. The fourth-order valence-electron chi connectivity index (χ4n) is 1.95. The Morgan fingerprint density at radius 3 is 3.17 bits per heavy atom.